The first kappa shape index (κ1) is 18.1. The zero-order valence-corrected chi connectivity index (χ0v) is 14.2. The number of carbonyl (C=O) groups excluding carboxylic acids is 1. The molecule has 130 valence electrons. The predicted octanol–water partition coefficient (Wildman–Crippen LogP) is 1.18. The average Bonchev–Trinajstić information content (AvgIpc) is 2.94. The third-order valence-corrected chi connectivity index (χ3v) is 3.87. The second-order valence-corrected chi connectivity index (χ2v) is 5.86. The normalized spacial score (nSPS) is 12.4. The summed E-state index contributed by atoms with van der Waals surface area (Å²) in [6.07, 6.45) is 3.47. The lowest BCUT2D eigenvalue weighted by Gasteiger charge is -2.30. The number of aryl methyl sites for hydroxylation is 1. The quantitative estimate of drug-likeness (QED) is 0.826. The molecule has 0 fully saturated rings. The zero-order chi connectivity index (χ0) is 17.7. The molecule has 0 spiro atoms. The molecule has 2 rings (SSSR count). The third-order valence-electron chi connectivity index (χ3n) is 3.87. The van der Waals surface area contributed by atoms with Gasteiger partial charge in [-0.15, -0.1) is 0 Å². The van der Waals surface area contributed by atoms with Crippen molar-refractivity contribution >= 4 is 5.91 Å². The maximum Gasteiger partial charge on any atom is 0.244 e. The number of benzene rings is 1. The first-order valence-corrected chi connectivity index (χ1v) is 7.71. The molecule has 1 aromatic heterocycles. The fraction of sp³-hybridized carbons (Fsp3) is 0.412. The number of likely N-dealkylation sites (N-methyl/N-ethyl adjacent to an activating group) is 1. The second-order valence-electron chi connectivity index (χ2n) is 5.86. The van der Waals surface area contributed by atoms with E-state index in [1.54, 1.807) is 48.4 Å². The van der Waals surface area contributed by atoms with Gasteiger partial charge in [0.2, 0.25) is 5.91 Å². The second kappa shape index (κ2) is 8.03. The molecule has 1 atom stereocenters. The minimum absolute atomic E-state index is 0.139. The molecule has 0 saturated carbocycles. The van der Waals surface area contributed by atoms with Gasteiger partial charge in [0.1, 0.15) is 17.7 Å². The van der Waals surface area contributed by atoms with Crippen LogP contribution in [0, 0.1) is 5.82 Å². The molecular weight excluding hydrogens is 311 g/mol. The van der Waals surface area contributed by atoms with Crippen molar-refractivity contribution in [1.29, 1.82) is 0 Å². The van der Waals surface area contributed by atoms with Crippen LogP contribution in [0.1, 0.15) is 17.4 Å². The fourth-order valence-electron chi connectivity index (χ4n) is 2.59. The molecule has 1 heterocycles. The first-order valence-electron chi connectivity index (χ1n) is 7.71. The maximum absolute atomic E-state index is 13.2. The lowest BCUT2D eigenvalue weighted by atomic mass is 10.0. The zero-order valence-electron chi connectivity index (χ0n) is 14.2. The van der Waals surface area contributed by atoms with Crippen LogP contribution in [0.2, 0.25) is 0 Å². The van der Waals surface area contributed by atoms with E-state index in [0.717, 1.165) is 5.82 Å². The van der Waals surface area contributed by atoms with Crippen LogP contribution < -0.4 is 0 Å². The highest BCUT2D eigenvalue weighted by atomic mass is 19.1. The number of aromatic nitrogens is 2. The summed E-state index contributed by atoms with van der Waals surface area (Å²) in [7, 11) is 5.45. The number of aliphatic hydroxyl groups is 1. The summed E-state index contributed by atoms with van der Waals surface area (Å²) in [5, 5.41) is 9.33. The molecule has 1 aromatic carbocycles. The molecule has 0 saturated heterocycles. The van der Waals surface area contributed by atoms with Crippen molar-refractivity contribution < 1.29 is 14.3 Å². The number of imidazole rings is 1. The molecule has 24 heavy (non-hydrogen) atoms. The summed E-state index contributed by atoms with van der Waals surface area (Å²) < 4.78 is 15.0. The standard InChI is InChI=1S/C17H23FN4O2/c1-20(2)16(13-4-6-14(18)7-5-13)17(24)22(10-11-23)12-15-19-8-9-21(15)3/h4-9,16,23H,10-12H2,1-3H3. The van der Waals surface area contributed by atoms with Gasteiger partial charge in [0, 0.05) is 26.0 Å². The van der Waals surface area contributed by atoms with Gasteiger partial charge < -0.3 is 14.6 Å². The van der Waals surface area contributed by atoms with E-state index < -0.39 is 6.04 Å². The summed E-state index contributed by atoms with van der Waals surface area (Å²) in [5.74, 6) is 0.223. The van der Waals surface area contributed by atoms with E-state index in [-0.39, 0.29) is 24.9 Å². The Morgan fingerprint density at radius 2 is 2.00 bits per heavy atom. The largest absolute Gasteiger partial charge is 0.395 e. The van der Waals surface area contributed by atoms with Crippen LogP contribution in [0.15, 0.2) is 36.7 Å². The highest BCUT2D eigenvalue weighted by Crippen LogP contribution is 2.22. The molecule has 0 bridgehead atoms. The Hall–Kier alpha value is -2.25. The summed E-state index contributed by atoms with van der Waals surface area (Å²) in [6.45, 7) is 0.366. The summed E-state index contributed by atoms with van der Waals surface area (Å²) in [5.41, 5.74) is 0.703. The molecular formula is C17H23FN4O2. The molecule has 1 N–H and O–H groups in total. The van der Waals surface area contributed by atoms with E-state index in [1.165, 1.54) is 12.1 Å². The lowest BCUT2D eigenvalue weighted by molar-refractivity contribution is -0.137. The van der Waals surface area contributed by atoms with Gasteiger partial charge >= 0.3 is 0 Å². The van der Waals surface area contributed by atoms with Crippen LogP contribution in [0.5, 0.6) is 0 Å². The van der Waals surface area contributed by atoms with Gasteiger partial charge in [-0.25, -0.2) is 9.37 Å². The number of carbonyl (C=O) groups is 1. The van der Waals surface area contributed by atoms with Crippen LogP contribution in [-0.4, -0.2) is 57.6 Å². The van der Waals surface area contributed by atoms with E-state index >= 15 is 0 Å². The van der Waals surface area contributed by atoms with Crippen molar-refractivity contribution in [3.8, 4) is 0 Å². The van der Waals surface area contributed by atoms with Gasteiger partial charge in [-0.05, 0) is 31.8 Å². The van der Waals surface area contributed by atoms with Crippen molar-refractivity contribution in [3.63, 3.8) is 0 Å². The van der Waals surface area contributed by atoms with Gasteiger partial charge in [-0.1, -0.05) is 12.1 Å². The lowest BCUT2D eigenvalue weighted by Crippen LogP contribution is -2.42. The van der Waals surface area contributed by atoms with Gasteiger partial charge in [0.15, 0.2) is 0 Å². The topological polar surface area (TPSA) is 61.6 Å². The predicted molar refractivity (Wildman–Crippen MR) is 88.5 cm³/mol. The number of hydrogen-bond acceptors (Lipinski definition) is 4. The number of rotatable bonds is 7. The van der Waals surface area contributed by atoms with Crippen molar-refractivity contribution in [1.82, 2.24) is 19.4 Å². The minimum Gasteiger partial charge on any atom is -0.395 e. The monoisotopic (exact) mass is 334 g/mol. The number of nitrogens with zero attached hydrogens (tertiary/aromatic N) is 4. The average molecular weight is 334 g/mol. The van der Waals surface area contributed by atoms with Gasteiger partial charge in [-0.2, -0.15) is 0 Å². The first-order chi connectivity index (χ1) is 11.4. The molecule has 1 amide bonds. The van der Waals surface area contributed by atoms with Crippen molar-refractivity contribution in [2.75, 3.05) is 27.2 Å². The number of amides is 1. The van der Waals surface area contributed by atoms with E-state index in [1.807, 2.05) is 11.6 Å². The van der Waals surface area contributed by atoms with Crippen LogP contribution in [-0.2, 0) is 18.4 Å². The van der Waals surface area contributed by atoms with E-state index in [2.05, 4.69) is 4.98 Å². The van der Waals surface area contributed by atoms with Crippen LogP contribution in [0.25, 0.3) is 0 Å². The number of aliphatic hydroxyl groups excluding tert-OH is 1. The van der Waals surface area contributed by atoms with Crippen molar-refractivity contribution in [2.24, 2.45) is 7.05 Å². The molecule has 7 heteroatoms. The minimum atomic E-state index is -0.558. The summed E-state index contributed by atoms with van der Waals surface area (Å²) in [4.78, 5) is 20.6. The van der Waals surface area contributed by atoms with Crippen LogP contribution in [0.3, 0.4) is 0 Å². The Kier molecular flexibility index (Phi) is 6.05. The van der Waals surface area contributed by atoms with E-state index in [9.17, 15) is 14.3 Å². The Bertz CT molecular complexity index is 669. The Morgan fingerprint density at radius 1 is 1.33 bits per heavy atom. The number of hydrogen-bond donors (Lipinski definition) is 1. The molecule has 1 unspecified atom stereocenters. The van der Waals surface area contributed by atoms with Gasteiger partial charge in [0.05, 0.1) is 13.2 Å². The smallest absolute Gasteiger partial charge is 0.244 e. The number of halogens is 1. The Labute approximate surface area is 141 Å². The van der Waals surface area contributed by atoms with E-state index in [0.29, 0.717) is 12.1 Å². The highest BCUT2D eigenvalue weighted by Gasteiger charge is 2.28. The van der Waals surface area contributed by atoms with Crippen LogP contribution in [0.4, 0.5) is 4.39 Å². The van der Waals surface area contributed by atoms with E-state index in [4.69, 9.17) is 0 Å². The van der Waals surface area contributed by atoms with Gasteiger partial charge in [-0.3, -0.25) is 9.69 Å². The third kappa shape index (κ3) is 4.18. The fourth-order valence-corrected chi connectivity index (χ4v) is 2.59. The molecule has 6 nitrogen and oxygen atoms in total. The molecule has 0 radical (unpaired) electrons. The molecule has 0 aliphatic heterocycles. The molecule has 0 aliphatic rings. The van der Waals surface area contributed by atoms with Crippen molar-refractivity contribution in [3.05, 3.63) is 53.9 Å². The van der Waals surface area contributed by atoms with Gasteiger partial charge in [0.25, 0.3) is 0 Å². The highest BCUT2D eigenvalue weighted by molar-refractivity contribution is 5.83. The van der Waals surface area contributed by atoms with Crippen molar-refractivity contribution in [2.45, 2.75) is 12.6 Å². The summed E-state index contributed by atoms with van der Waals surface area (Å²) in [6, 6.07) is 5.34. The molecule has 0 aliphatic carbocycles. The summed E-state index contributed by atoms with van der Waals surface area (Å²) >= 11 is 0. The Balaban J connectivity index is 2.27. The Morgan fingerprint density at radius 3 is 2.50 bits per heavy atom. The van der Waals surface area contributed by atoms with Crippen LogP contribution >= 0.6 is 0 Å². The SMILES string of the molecule is CN(C)C(C(=O)N(CCO)Cc1nccn1C)c1ccc(F)cc1. The maximum atomic E-state index is 13.2. The molecule has 2 aromatic rings.